The normalized spacial score (nSPS) is 12.7. The molecule has 6 heteroatoms. The Morgan fingerprint density at radius 2 is 1.50 bits per heavy atom. The molecule has 1 N–H and O–H groups in total. The summed E-state index contributed by atoms with van der Waals surface area (Å²) in [4.78, 5) is 16.9. The molecule has 0 saturated heterocycles. The van der Waals surface area contributed by atoms with Crippen LogP contribution < -0.4 is 5.19 Å². The van der Waals surface area contributed by atoms with Gasteiger partial charge in [0.15, 0.2) is 5.78 Å². The number of ketones is 1. The third-order valence-corrected chi connectivity index (χ3v) is 18.4. The van der Waals surface area contributed by atoms with Gasteiger partial charge in [0.1, 0.15) is 5.76 Å². The van der Waals surface area contributed by atoms with Crippen LogP contribution in [0.5, 0.6) is 0 Å². The Kier molecular flexibility index (Phi) is 14.0. The Balaban J connectivity index is 0.000000361. The molecule has 0 aliphatic rings. The molecule has 0 amide bonds. The Hall–Kier alpha value is -2.63. The van der Waals surface area contributed by atoms with Gasteiger partial charge >= 0.3 is 0 Å². The van der Waals surface area contributed by atoms with E-state index in [0.717, 1.165) is 24.1 Å². The fraction of sp³-hybridized carbons (Fsp3) is 0.455. The van der Waals surface area contributed by atoms with Gasteiger partial charge in [-0.2, -0.15) is 0 Å². The van der Waals surface area contributed by atoms with Crippen molar-refractivity contribution in [1.82, 2.24) is 4.98 Å². The third kappa shape index (κ3) is 8.20. The second-order valence-electron chi connectivity index (χ2n) is 15.4. The number of carbonyl (C=O) groups excluding carboxylic acids is 1. The first-order chi connectivity index (χ1) is 23.1. The van der Waals surface area contributed by atoms with Gasteiger partial charge in [0.2, 0.25) is 0 Å². The standard InChI is InChI=1S/C31H34NSSi.C13H24O2.Ir/c1-7-34(8-2,9-3)31-21(6)14-15-25-26-16-17-32-28(29(26)33-30(25)31)23-18-22-12-10-11-13-24(22)27(19-23)20(4)5;1-7-13(6,8-2)11(15)9-10(14)12(3,4)5;/h10-17,19-20H,7-9H2,1-6H3;9,14H,7-8H2,1-6H3;/q-1;;/b;10-9-;. The molecule has 0 unspecified atom stereocenters. The van der Waals surface area contributed by atoms with Crippen LogP contribution in [0.2, 0.25) is 18.1 Å². The van der Waals surface area contributed by atoms with Crippen LogP contribution >= 0.6 is 11.3 Å². The first-order valence-electron chi connectivity index (χ1n) is 18.3. The number of aryl methyl sites for hydroxylation is 1. The predicted molar refractivity (Wildman–Crippen MR) is 218 cm³/mol. The van der Waals surface area contributed by atoms with E-state index in [1.807, 2.05) is 59.1 Å². The van der Waals surface area contributed by atoms with Crippen LogP contribution in [0, 0.1) is 23.8 Å². The summed E-state index contributed by atoms with van der Waals surface area (Å²) in [5.41, 5.74) is 4.35. The molecule has 5 rings (SSSR count). The first-order valence-corrected chi connectivity index (χ1v) is 21.8. The number of rotatable bonds is 10. The molecule has 1 radical (unpaired) electrons. The molecule has 3 nitrogen and oxygen atoms in total. The number of thiophene rings is 1. The smallest absolute Gasteiger partial charge is 0.164 e. The van der Waals surface area contributed by atoms with Gasteiger partial charge in [0.25, 0.3) is 0 Å². The van der Waals surface area contributed by atoms with Crippen molar-refractivity contribution in [3.05, 3.63) is 83.8 Å². The van der Waals surface area contributed by atoms with Gasteiger partial charge in [-0.25, -0.2) is 0 Å². The molecule has 2 aromatic heterocycles. The number of aliphatic hydroxyl groups is 1. The van der Waals surface area contributed by atoms with Crippen molar-refractivity contribution in [3.8, 4) is 11.3 Å². The molecular formula is C44H58IrNO2SSi-. The molecule has 0 aliphatic heterocycles. The third-order valence-electron chi connectivity index (χ3n) is 11.2. The molecule has 2 heterocycles. The number of allylic oxidation sites excluding steroid dienone is 2. The second kappa shape index (κ2) is 16.8. The van der Waals surface area contributed by atoms with Crippen molar-refractivity contribution in [2.45, 2.75) is 120 Å². The number of aliphatic hydroxyl groups excluding tert-OH is 1. The molecular weight excluding hydrogens is 827 g/mol. The summed E-state index contributed by atoms with van der Waals surface area (Å²) in [6, 6.07) is 25.5. The summed E-state index contributed by atoms with van der Waals surface area (Å²) in [6.07, 6.45) is 4.99. The van der Waals surface area contributed by atoms with E-state index in [1.54, 1.807) is 5.19 Å². The molecule has 0 saturated carbocycles. The molecule has 0 bridgehead atoms. The number of aromatic nitrogens is 1. The van der Waals surface area contributed by atoms with Gasteiger partial charge in [-0.05, 0) is 47.7 Å². The van der Waals surface area contributed by atoms with Crippen LogP contribution in [0.3, 0.4) is 0 Å². The number of hydrogen-bond acceptors (Lipinski definition) is 4. The monoisotopic (exact) mass is 885 g/mol. The minimum Gasteiger partial charge on any atom is -0.512 e. The maximum absolute atomic E-state index is 11.9. The SMILES string of the molecule is CCC(C)(CC)C(=O)/C=C(\O)C(C)(C)C.CC[Si](CC)(CC)c1c(C)ccc2c1sc1c(-c3[c-]c4ccccc4c(C(C)C)c3)nccc12.[Ir]. The molecule has 0 atom stereocenters. The summed E-state index contributed by atoms with van der Waals surface area (Å²) in [7, 11) is -1.54. The Bertz CT molecular complexity index is 1970. The summed E-state index contributed by atoms with van der Waals surface area (Å²) < 4.78 is 2.81. The van der Waals surface area contributed by atoms with Crippen molar-refractivity contribution in [2.24, 2.45) is 10.8 Å². The Labute approximate surface area is 320 Å². The van der Waals surface area contributed by atoms with Crippen molar-refractivity contribution in [1.29, 1.82) is 0 Å². The van der Waals surface area contributed by atoms with Gasteiger partial charge < -0.3 is 5.11 Å². The average Bonchev–Trinajstić information content (AvgIpc) is 3.47. The maximum atomic E-state index is 11.9. The zero-order valence-electron chi connectivity index (χ0n) is 32.4. The second-order valence-corrected chi connectivity index (χ2v) is 21.6. The Morgan fingerprint density at radius 1 is 0.900 bits per heavy atom. The predicted octanol–water partition coefficient (Wildman–Crippen LogP) is 13.1. The topological polar surface area (TPSA) is 50.2 Å². The first kappa shape index (κ1) is 41.8. The van der Waals surface area contributed by atoms with Crippen LogP contribution in [-0.2, 0) is 24.9 Å². The van der Waals surface area contributed by atoms with Crippen LogP contribution in [0.15, 0.2) is 66.6 Å². The fourth-order valence-electron chi connectivity index (χ4n) is 6.97. The molecule has 5 aromatic rings. The van der Waals surface area contributed by atoms with Crippen molar-refractivity contribution >= 4 is 61.3 Å². The summed E-state index contributed by atoms with van der Waals surface area (Å²) >= 11 is 1.97. The van der Waals surface area contributed by atoms with Crippen LogP contribution in [0.4, 0.5) is 0 Å². The van der Waals surface area contributed by atoms with Gasteiger partial charge in [-0.1, -0.05) is 141 Å². The molecule has 50 heavy (non-hydrogen) atoms. The summed E-state index contributed by atoms with van der Waals surface area (Å²) in [5, 5.41) is 16.7. The number of pyridine rings is 1. The Morgan fingerprint density at radius 3 is 2.06 bits per heavy atom. The zero-order valence-corrected chi connectivity index (χ0v) is 36.6. The van der Waals surface area contributed by atoms with Crippen molar-refractivity contribution < 1.29 is 30.0 Å². The minimum atomic E-state index is -1.54. The largest absolute Gasteiger partial charge is 0.512 e. The van der Waals surface area contributed by atoms with Crippen LogP contribution in [0.25, 0.3) is 42.2 Å². The van der Waals surface area contributed by atoms with Gasteiger partial charge in [-0.3, -0.25) is 9.78 Å². The van der Waals surface area contributed by atoms with Crippen molar-refractivity contribution in [3.63, 3.8) is 0 Å². The van der Waals surface area contributed by atoms with E-state index >= 15 is 0 Å². The van der Waals surface area contributed by atoms with Gasteiger partial charge in [-0.15, -0.1) is 40.5 Å². The number of carbonyl (C=O) groups is 1. The van der Waals surface area contributed by atoms with E-state index in [2.05, 4.69) is 96.1 Å². The van der Waals surface area contributed by atoms with E-state index in [-0.39, 0.29) is 42.5 Å². The molecule has 0 aliphatic carbocycles. The maximum Gasteiger partial charge on any atom is 0.164 e. The zero-order chi connectivity index (χ0) is 36.3. The molecule has 0 fully saturated rings. The summed E-state index contributed by atoms with van der Waals surface area (Å²) in [6.45, 7) is 25.7. The average molecular weight is 885 g/mol. The van der Waals surface area contributed by atoms with E-state index in [4.69, 9.17) is 4.98 Å². The number of hydrogen-bond donors (Lipinski definition) is 1. The fourth-order valence-corrected chi connectivity index (χ4v) is 13.2. The number of benzene rings is 3. The van der Waals surface area contributed by atoms with E-state index in [1.165, 1.54) is 66.3 Å². The quantitative estimate of drug-likeness (QED) is 0.0658. The van der Waals surface area contributed by atoms with E-state index < -0.39 is 8.07 Å². The van der Waals surface area contributed by atoms with Crippen LogP contribution in [0.1, 0.15) is 106 Å². The van der Waals surface area contributed by atoms with E-state index in [9.17, 15) is 9.90 Å². The molecule has 271 valence electrons. The number of fused-ring (bicyclic) bond motifs is 4. The van der Waals surface area contributed by atoms with Gasteiger partial charge in [0, 0.05) is 58.3 Å². The molecule has 0 spiro atoms. The van der Waals surface area contributed by atoms with E-state index in [0.29, 0.717) is 5.92 Å². The number of nitrogens with zero attached hydrogens (tertiary/aromatic N) is 1. The molecule has 3 aromatic carbocycles. The summed E-state index contributed by atoms with van der Waals surface area (Å²) in [5.74, 6) is 0.639. The van der Waals surface area contributed by atoms with Crippen molar-refractivity contribution in [2.75, 3.05) is 0 Å². The minimum absolute atomic E-state index is 0. The van der Waals surface area contributed by atoms with Gasteiger partial charge in [0.05, 0.1) is 8.07 Å². The van der Waals surface area contributed by atoms with Crippen LogP contribution in [-0.4, -0.2) is 23.9 Å².